The van der Waals surface area contributed by atoms with Gasteiger partial charge in [0.25, 0.3) is 11.6 Å². The summed E-state index contributed by atoms with van der Waals surface area (Å²) in [4.78, 5) is 24.3. The van der Waals surface area contributed by atoms with Crippen molar-refractivity contribution in [1.29, 1.82) is 0 Å². The summed E-state index contributed by atoms with van der Waals surface area (Å²) in [5.74, 6) is -0.0376. The van der Waals surface area contributed by atoms with Crippen LogP contribution in [0.4, 0.5) is 11.4 Å². The minimum atomic E-state index is -0.496. The molecular formula is C17H17N5O4. The summed E-state index contributed by atoms with van der Waals surface area (Å²) in [7, 11) is 0. The van der Waals surface area contributed by atoms with Crippen molar-refractivity contribution in [2.24, 2.45) is 10.3 Å². The molecule has 0 radical (unpaired) electrons. The standard InChI is InChI=1S/C17H17N5O4/c23-16-3-1-2-14(12-16)18-19-21-10-8-20(9-11-21)17(24)13-4-6-15(7-5-13)22(25)26/h1-7,12,23H,8-11H2. The number of nitro groups is 1. The number of amides is 1. The molecule has 0 atom stereocenters. The zero-order valence-corrected chi connectivity index (χ0v) is 13.9. The maximum atomic E-state index is 12.5. The van der Waals surface area contributed by atoms with Gasteiger partial charge in [0, 0.05) is 36.9 Å². The quantitative estimate of drug-likeness (QED) is 0.515. The van der Waals surface area contributed by atoms with Crippen molar-refractivity contribution >= 4 is 17.3 Å². The molecule has 134 valence electrons. The molecular weight excluding hydrogens is 338 g/mol. The van der Waals surface area contributed by atoms with Crippen LogP contribution in [0.2, 0.25) is 0 Å². The van der Waals surface area contributed by atoms with E-state index in [0.29, 0.717) is 37.4 Å². The van der Waals surface area contributed by atoms with Gasteiger partial charge in [-0.3, -0.25) is 19.9 Å². The van der Waals surface area contributed by atoms with Gasteiger partial charge in [-0.2, -0.15) is 0 Å². The zero-order chi connectivity index (χ0) is 18.5. The van der Waals surface area contributed by atoms with Crippen LogP contribution < -0.4 is 0 Å². The first kappa shape index (κ1) is 17.3. The molecule has 0 spiro atoms. The maximum absolute atomic E-state index is 12.5. The third-order valence-electron chi connectivity index (χ3n) is 3.98. The molecule has 26 heavy (non-hydrogen) atoms. The van der Waals surface area contributed by atoms with Gasteiger partial charge in [-0.1, -0.05) is 11.3 Å². The fourth-order valence-corrected chi connectivity index (χ4v) is 2.57. The minimum absolute atomic E-state index is 0.0428. The number of carbonyl (C=O) groups is 1. The van der Waals surface area contributed by atoms with Crippen LogP contribution in [0, 0.1) is 10.1 Å². The molecule has 0 saturated carbocycles. The van der Waals surface area contributed by atoms with E-state index in [4.69, 9.17) is 0 Å². The summed E-state index contributed by atoms with van der Waals surface area (Å²) in [5, 5.41) is 30.0. The molecule has 3 rings (SSSR count). The van der Waals surface area contributed by atoms with Crippen LogP contribution in [0.25, 0.3) is 0 Å². The van der Waals surface area contributed by atoms with Crippen LogP contribution in [-0.2, 0) is 0 Å². The van der Waals surface area contributed by atoms with E-state index < -0.39 is 4.92 Å². The number of aromatic hydroxyl groups is 1. The van der Waals surface area contributed by atoms with Gasteiger partial charge in [-0.25, -0.2) is 0 Å². The summed E-state index contributed by atoms with van der Waals surface area (Å²) in [6.45, 7) is 2.02. The molecule has 0 unspecified atom stereocenters. The molecule has 1 saturated heterocycles. The molecule has 9 nitrogen and oxygen atoms in total. The van der Waals surface area contributed by atoms with Crippen LogP contribution in [0.15, 0.2) is 58.9 Å². The maximum Gasteiger partial charge on any atom is 0.269 e. The van der Waals surface area contributed by atoms with E-state index in [9.17, 15) is 20.0 Å². The fourth-order valence-electron chi connectivity index (χ4n) is 2.57. The lowest BCUT2D eigenvalue weighted by molar-refractivity contribution is -0.384. The number of piperazine rings is 1. The van der Waals surface area contributed by atoms with Gasteiger partial charge in [0.1, 0.15) is 5.75 Å². The second-order valence-corrected chi connectivity index (χ2v) is 5.76. The Kier molecular flexibility index (Phi) is 5.07. The van der Waals surface area contributed by atoms with Crippen molar-refractivity contribution in [3.8, 4) is 5.75 Å². The first-order valence-electron chi connectivity index (χ1n) is 8.02. The Labute approximate surface area is 149 Å². The summed E-state index contributed by atoms with van der Waals surface area (Å²) in [6, 6.07) is 12.1. The number of phenols is 1. The smallest absolute Gasteiger partial charge is 0.269 e. The highest BCUT2D eigenvalue weighted by Crippen LogP contribution is 2.19. The monoisotopic (exact) mass is 355 g/mol. The molecule has 1 aliphatic rings. The number of hydrogen-bond donors (Lipinski definition) is 1. The molecule has 2 aromatic rings. The van der Waals surface area contributed by atoms with Crippen molar-refractivity contribution < 1.29 is 14.8 Å². The number of benzene rings is 2. The van der Waals surface area contributed by atoms with E-state index in [1.54, 1.807) is 28.1 Å². The molecule has 9 heteroatoms. The van der Waals surface area contributed by atoms with Gasteiger partial charge < -0.3 is 10.0 Å². The van der Waals surface area contributed by atoms with Gasteiger partial charge in [-0.15, -0.1) is 5.11 Å². The summed E-state index contributed by atoms with van der Waals surface area (Å²) >= 11 is 0. The molecule has 1 amide bonds. The Morgan fingerprint density at radius 3 is 2.38 bits per heavy atom. The van der Waals surface area contributed by atoms with Crippen molar-refractivity contribution in [1.82, 2.24) is 9.91 Å². The summed E-state index contributed by atoms with van der Waals surface area (Å²) < 4.78 is 0. The number of carbonyl (C=O) groups excluding carboxylic acids is 1. The van der Waals surface area contributed by atoms with E-state index in [2.05, 4.69) is 10.3 Å². The van der Waals surface area contributed by atoms with E-state index in [-0.39, 0.29) is 17.3 Å². The SMILES string of the molecule is O=C(c1ccc([N+](=O)[O-])cc1)N1CCN(N=Nc2cccc(O)c2)CC1. The van der Waals surface area contributed by atoms with Crippen LogP contribution in [-0.4, -0.2) is 52.0 Å². The van der Waals surface area contributed by atoms with Gasteiger partial charge in [0.2, 0.25) is 0 Å². The van der Waals surface area contributed by atoms with Gasteiger partial charge >= 0.3 is 0 Å². The van der Waals surface area contributed by atoms with Crippen LogP contribution in [0.1, 0.15) is 10.4 Å². The van der Waals surface area contributed by atoms with Crippen LogP contribution in [0.3, 0.4) is 0 Å². The first-order valence-corrected chi connectivity index (χ1v) is 8.02. The zero-order valence-electron chi connectivity index (χ0n) is 13.9. The topological polar surface area (TPSA) is 112 Å². The van der Waals surface area contributed by atoms with E-state index >= 15 is 0 Å². The summed E-state index contributed by atoms with van der Waals surface area (Å²) in [5.41, 5.74) is 0.929. The Balaban J connectivity index is 1.56. The number of hydrogen-bond acceptors (Lipinski definition) is 6. The number of phenolic OH excluding ortho intramolecular Hbond substituents is 1. The van der Waals surface area contributed by atoms with Crippen molar-refractivity contribution in [2.45, 2.75) is 0 Å². The molecule has 1 N–H and O–H groups in total. The third kappa shape index (κ3) is 4.12. The van der Waals surface area contributed by atoms with Crippen molar-refractivity contribution in [3.63, 3.8) is 0 Å². The first-order chi connectivity index (χ1) is 12.5. The van der Waals surface area contributed by atoms with Crippen LogP contribution >= 0.6 is 0 Å². The lowest BCUT2D eigenvalue weighted by Gasteiger charge is -2.32. The van der Waals surface area contributed by atoms with Gasteiger partial charge in [0.05, 0.1) is 23.7 Å². The number of nitro benzene ring substituents is 1. The average molecular weight is 355 g/mol. The largest absolute Gasteiger partial charge is 0.508 e. The minimum Gasteiger partial charge on any atom is -0.508 e. The Bertz CT molecular complexity index is 829. The van der Waals surface area contributed by atoms with Crippen molar-refractivity contribution in [3.05, 3.63) is 64.2 Å². The highest BCUT2D eigenvalue weighted by molar-refractivity contribution is 5.94. The second-order valence-electron chi connectivity index (χ2n) is 5.76. The summed E-state index contributed by atoms with van der Waals surface area (Å²) in [6.07, 6.45) is 0. The molecule has 0 bridgehead atoms. The molecule has 2 aromatic carbocycles. The Morgan fingerprint density at radius 2 is 1.77 bits per heavy atom. The molecule has 1 heterocycles. The lowest BCUT2D eigenvalue weighted by Crippen LogP contribution is -2.46. The Morgan fingerprint density at radius 1 is 1.08 bits per heavy atom. The molecule has 1 fully saturated rings. The van der Waals surface area contributed by atoms with Crippen LogP contribution in [0.5, 0.6) is 5.75 Å². The van der Waals surface area contributed by atoms with E-state index in [0.717, 1.165) is 0 Å². The second kappa shape index (κ2) is 7.60. The predicted octanol–water partition coefficient (Wildman–Crippen LogP) is 2.76. The highest BCUT2D eigenvalue weighted by Gasteiger charge is 2.22. The fraction of sp³-hybridized carbons (Fsp3) is 0.235. The number of non-ortho nitro benzene ring substituents is 1. The van der Waals surface area contributed by atoms with E-state index in [1.807, 2.05) is 0 Å². The third-order valence-corrected chi connectivity index (χ3v) is 3.98. The molecule has 1 aliphatic heterocycles. The van der Waals surface area contributed by atoms with Gasteiger partial charge in [0.15, 0.2) is 0 Å². The van der Waals surface area contributed by atoms with E-state index in [1.165, 1.54) is 30.3 Å². The molecule has 0 aromatic heterocycles. The molecule has 0 aliphatic carbocycles. The normalized spacial score (nSPS) is 14.6. The average Bonchev–Trinajstić information content (AvgIpc) is 2.66. The highest BCUT2D eigenvalue weighted by atomic mass is 16.6. The number of rotatable bonds is 4. The lowest BCUT2D eigenvalue weighted by atomic mass is 10.1. The predicted molar refractivity (Wildman–Crippen MR) is 93.2 cm³/mol. The van der Waals surface area contributed by atoms with Gasteiger partial charge in [-0.05, 0) is 24.3 Å². The van der Waals surface area contributed by atoms with Crippen molar-refractivity contribution in [2.75, 3.05) is 26.2 Å². The number of nitrogens with zero attached hydrogens (tertiary/aromatic N) is 5. The Hall–Kier alpha value is -3.49.